The van der Waals surface area contributed by atoms with Gasteiger partial charge in [0.05, 0.1) is 10.8 Å². The minimum atomic E-state index is -0.261. The first-order valence-corrected chi connectivity index (χ1v) is 11.2. The lowest BCUT2D eigenvalue weighted by Crippen LogP contribution is -2.49. The number of benzene rings is 2. The molecule has 0 atom stereocenters. The molecule has 1 aromatic heterocycles. The van der Waals surface area contributed by atoms with Crippen molar-refractivity contribution in [1.29, 1.82) is 0 Å². The van der Waals surface area contributed by atoms with Gasteiger partial charge in [0.1, 0.15) is 5.82 Å². The minimum absolute atomic E-state index is 0.00547. The molecule has 31 heavy (non-hydrogen) atoms. The Balaban J connectivity index is 1.34. The number of amides is 1. The Labute approximate surface area is 192 Å². The average molecular weight is 481 g/mol. The maximum Gasteiger partial charge on any atom is 0.233 e. The Bertz CT molecular complexity index is 1090. The van der Waals surface area contributed by atoms with E-state index in [-0.39, 0.29) is 17.5 Å². The van der Waals surface area contributed by atoms with Crippen molar-refractivity contribution < 1.29 is 9.18 Å². The van der Waals surface area contributed by atoms with E-state index in [0.29, 0.717) is 52.8 Å². The second kappa shape index (κ2) is 9.33. The molecule has 3 aromatic rings. The van der Waals surface area contributed by atoms with Crippen LogP contribution in [0.4, 0.5) is 10.1 Å². The number of thioether (sulfide) groups is 1. The molecule has 4 rings (SSSR count). The lowest BCUT2D eigenvalue weighted by molar-refractivity contribution is -0.128. The van der Waals surface area contributed by atoms with Crippen LogP contribution in [0.5, 0.6) is 0 Å². The predicted octanol–water partition coefficient (Wildman–Crippen LogP) is 3.55. The minimum Gasteiger partial charge on any atom is -0.368 e. The largest absolute Gasteiger partial charge is 0.368 e. The fraction of sp³-hybridized carbons (Fsp3) is 0.250. The Morgan fingerprint density at radius 3 is 2.48 bits per heavy atom. The Kier molecular flexibility index (Phi) is 6.54. The van der Waals surface area contributed by atoms with Gasteiger partial charge in [-0.15, -0.1) is 10.2 Å². The van der Waals surface area contributed by atoms with Crippen LogP contribution in [0.15, 0.2) is 47.6 Å². The number of hydrogen-bond acceptors (Lipinski definition) is 6. The topological polar surface area (TPSA) is 80.3 Å². The summed E-state index contributed by atoms with van der Waals surface area (Å²) in [4.78, 5) is 16.6. The standard InChI is InChI=1S/C20H19Cl2FN6OS/c21-13-1-6-17(22)16(11-13)19-25-26-20(29(19)24)31-12-18(30)28-9-7-27(8-10-28)15-4-2-14(23)3-5-15/h1-6,11H,7-10,12,24H2. The summed E-state index contributed by atoms with van der Waals surface area (Å²) >= 11 is 13.5. The number of anilines is 1. The van der Waals surface area contributed by atoms with Gasteiger partial charge in [0.25, 0.3) is 0 Å². The quantitative estimate of drug-likeness (QED) is 0.444. The number of rotatable bonds is 5. The molecule has 0 bridgehead atoms. The van der Waals surface area contributed by atoms with Crippen LogP contribution in [0.2, 0.25) is 10.0 Å². The normalized spacial score (nSPS) is 14.2. The first-order valence-electron chi connectivity index (χ1n) is 9.49. The number of piperazine rings is 1. The van der Waals surface area contributed by atoms with Gasteiger partial charge in [-0.1, -0.05) is 35.0 Å². The molecule has 0 radical (unpaired) electrons. The van der Waals surface area contributed by atoms with Crippen molar-refractivity contribution in [2.75, 3.05) is 42.7 Å². The van der Waals surface area contributed by atoms with Crippen LogP contribution in [-0.4, -0.2) is 57.6 Å². The third-order valence-corrected chi connectivity index (χ3v) is 6.48. The number of halogens is 3. The molecule has 162 valence electrons. The third kappa shape index (κ3) is 4.89. The van der Waals surface area contributed by atoms with Crippen LogP contribution in [0.3, 0.4) is 0 Å². The van der Waals surface area contributed by atoms with Gasteiger partial charge >= 0.3 is 0 Å². The summed E-state index contributed by atoms with van der Waals surface area (Å²) in [5.74, 6) is 6.42. The molecule has 1 aliphatic heterocycles. The van der Waals surface area contributed by atoms with E-state index in [1.165, 1.54) is 28.6 Å². The van der Waals surface area contributed by atoms with Crippen LogP contribution >= 0.6 is 35.0 Å². The van der Waals surface area contributed by atoms with E-state index in [4.69, 9.17) is 29.0 Å². The van der Waals surface area contributed by atoms with Gasteiger partial charge in [0.2, 0.25) is 11.1 Å². The highest BCUT2D eigenvalue weighted by molar-refractivity contribution is 7.99. The van der Waals surface area contributed by atoms with Crippen molar-refractivity contribution in [1.82, 2.24) is 19.8 Å². The van der Waals surface area contributed by atoms with Crippen molar-refractivity contribution in [3.63, 3.8) is 0 Å². The summed E-state index contributed by atoms with van der Waals surface area (Å²) < 4.78 is 14.4. The fourth-order valence-corrected chi connectivity index (χ4v) is 4.44. The lowest BCUT2D eigenvalue weighted by atomic mass is 10.2. The van der Waals surface area contributed by atoms with Crippen molar-refractivity contribution in [3.8, 4) is 11.4 Å². The van der Waals surface area contributed by atoms with E-state index in [2.05, 4.69) is 15.1 Å². The summed E-state index contributed by atoms with van der Waals surface area (Å²) in [7, 11) is 0. The van der Waals surface area contributed by atoms with Gasteiger partial charge in [-0.05, 0) is 42.5 Å². The van der Waals surface area contributed by atoms with Gasteiger partial charge in [-0.25, -0.2) is 9.07 Å². The van der Waals surface area contributed by atoms with E-state index in [1.807, 2.05) is 0 Å². The molecule has 2 aromatic carbocycles. The SMILES string of the molecule is Nn1c(SCC(=O)N2CCN(c3ccc(F)cc3)CC2)nnc1-c1cc(Cl)ccc1Cl. The number of nitrogen functional groups attached to an aromatic ring is 1. The zero-order chi connectivity index (χ0) is 22.0. The van der Waals surface area contributed by atoms with Gasteiger partial charge < -0.3 is 15.6 Å². The molecule has 1 amide bonds. The number of aromatic nitrogens is 3. The summed E-state index contributed by atoms with van der Waals surface area (Å²) in [5.41, 5.74) is 1.52. The molecular formula is C20H19Cl2FN6OS. The third-order valence-electron chi connectivity index (χ3n) is 4.98. The first kappa shape index (κ1) is 21.7. The van der Waals surface area contributed by atoms with Gasteiger partial charge in [-0.3, -0.25) is 4.79 Å². The summed E-state index contributed by atoms with van der Waals surface area (Å²) in [6, 6.07) is 11.4. The Morgan fingerprint density at radius 2 is 1.77 bits per heavy atom. The number of carbonyl (C=O) groups excluding carboxylic acids is 1. The molecule has 0 unspecified atom stereocenters. The highest BCUT2D eigenvalue weighted by Gasteiger charge is 2.23. The molecule has 1 aliphatic rings. The molecule has 0 saturated carbocycles. The van der Waals surface area contributed by atoms with Crippen molar-refractivity contribution in [2.24, 2.45) is 0 Å². The second-order valence-electron chi connectivity index (χ2n) is 6.93. The Hall–Kier alpha value is -2.49. The van der Waals surface area contributed by atoms with Crippen LogP contribution in [0, 0.1) is 5.82 Å². The second-order valence-corrected chi connectivity index (χ2v) is 8.72. The van der Waals surface area contributed by atoms with Crippen LogP contribution in [0.1, 0.15) is 0 Å². The molecule has 0 spiro atoms. The van der Waals surface area contributed by atoms with Gasteiger partial charge in [-0.2, -0.15) is 0 Å². The molecule has 7 nitrogen and oxygen atoms in total. The maximum absolute atomic E-state index is 13.1. The number of hydrogen-bond donors (Lipinski definition) is 1. The lowest BCUT2D eigenvalue weighted by Gasteiger charge is -2.36. The van der Waals surface area contributed by atoms with Crippen LogP contribution in [-0.2, 0) is 4.79 Å². The zero-order valence-electron chi connectivity index (χ0n) is 16.3. The van der Waals surface area contributed by atoms with E-state index in [9.17, 15) is 9.18 Å². The first-order chi connectivity index (χ1) is 14.9. The molecule has 2 heterocycles. The van der Waals surface area contributed by atoms with Gasteiger partial charge in [0.15, 0.2) is 5.82 Å². The smallest absolute Gasteiger partial charge is 0.233 e. The van der Waals surface area contributed by atoms with Crippen molar-refractivity contribution in [2.45, 2.75) is 5.16 Å². The molecule has 11 heteroatoms. The predicted molar refractivity (Wildman–Crippen MR) is 122 cm³/mol. The van der Waals surface area contributed by atoms with Crippen LogP contribution in [0.25, 0.3) is 11.4 Å². The fourth-order valence-electron chi connectivity index (χ4n) is 3.31. The van der Waals surface area contributed by atoms with E-state index < -0.39 is 0 Å². The van der Waals surface area contributed by atoms with E-state index in [1.54, 1.807) is 35.2 Å². The zero-order valence-corrected chi connectivity index (χ0v) is 18.7. The summed E-state index contributed by atoms with van der Waals surface area (Å²) in [6.45, 7) is 2.56. The molecule has 2 N–H and O–H groups in total. The Morgan fingerprint density at radius 1 is 1.06 bits per heavy atom. The molecule has 0 aliphatic carbocycles. The number of nitrogens with zero attached hydrogens (tertiary/aromatic N) is 5. The number of carbonyl (C=O) groups is 1. The highest BCUT2D eigenvalue weighted by Crippen LogP contribution is 2.30. The molecular weight excluding hydrogens is 462 g/mol. The monoisotopic (exact) mass is 480 g/mol. The highest BCUT2D eigenvalue weighted by atomic mass is 35.5. The van der Waals surface area contributed by atoms with Crippen molar-refractivity contribution in [3.05, 3.63) is 58.3 Å². The summed E-state index contributed by atoms with van der Waals surface area (Å²) in [5, 5.41) is 9.54. The molecule has 1 saturated heterocycles. The molecule has 1 fully saturated rings. The average Bonchev–Trinajstić information content (AvgIpc) is 3.14. The van der Waals surface area contributed by atoms with Crippen LogP contribution < -0.4 is 10.7 Å². The van der Waals surface area contributed by atoms with E-state index in [0.717, 1.165) is 5.69 Å². The summed E-state index contributed by atoms with van der Waals surface area (Å²) in [6.07, 6.45) is 0. The van der Waals surface area contributed by atoms with Crippen molar-refractivity contribution >= 4 is 46.6 Å². The van der Waals surface area contributed by atoms with E-state index >= 15 is 0 Å². The number of nitrogens with two attached hydrogens (primary N) is 1. The van der Waals surface area contributed by atoms with Gasteiger partial charge in [0, 0.05) is 42.5 Å². The maximum atomic E-state index is 13.1.